The highest BCUT2D eigenvalue weighted by Gasteiger charge is 2.15. The van der Waals surface area contributed by atoms with Crippen LogP contribution in [-0.4, -0.2) is 53.5 Å². The van der Waals surface area contributed by atoms with Crippen LogP contribution in [0.3, 0.4) is 0 Å². The average molecular weight is 284 g/mol. The van der Waals surface area contributed by atoms with Gasteiger partial charge in [0.2, 0.25) is 0 Å². The van der Waals surface area contributed by atoms with Gasteiger partial charge in [-0.2, -0.15) is 11.8 Å². The second-order valence-corrected chi connectivity index (χ2v) is 5.49. The summed E-state index contributed by atoms with van der Waals surface area (Å²) in [4.78, 5) is 17.7. The fraction of sp³-hybridized carbons (Fsp3) is 0.500. The molecule has 5 nitrogen and oxygen atoms in total. The van der Waals surface area contributed by atoms with Gasteiger partial charge in [-0.05, 0) is 6.07 Å². The number of nitrogens with zero attached hydrogens (tertiary/aromatic N) is 2. The van der Waals surface area contributed by atoms with Crippen molar-refractivity contribution in [3.8, 4) is 0 Å². The van der Waals surface area contributed by atoms with Gasteiger partial charge in [0.05, 0.1) is 5.56 Å². The number of hydrogen-bond acceptors (Lipinski definition) is 5. The molecule has 0 unspecified atom stereocenters. The van der Waals surface area contributed by atoms with Crippen LogP contribution >= 0.6 is 11.8 Å². The number of hydrogen-bond donors (Lipinski definition) is 2. The quantitative estimate of drug-likeness (QED) is 0.846. The van der Waals surface area contributed by atoms with Gasteiger partial charge in [0, 0.05) is 43.9 Å². The Labute approximate surface area is 115 Å². The van der Waals surface area contributed by atoms with E-state index >= 15 is 0 Å². The zero-order valence-corrected chi connectivity index (χ0v) is 11.4. The smallest absolute Gasteiger partial charge is 0.254 e. The van der Waals surface area contributed by atoms with Crippen molar-refractivity contribution in [2.24, 2.45) is 0 Å². The largest absolute Gasteiger partial charge is 0.381 e. The van der Waals surface area contributed by atoms with Crippen LogP contribution in [0.4, 0.5) is 10.2 Å². The standard InChI is InChI=1S/C12H17FN4OS/c13-10-9(1-2-15-11(10)14)12(18)16-3-4-17-5-7-19-8-6-17/h1-2H,3-8H2,(H2,14,15)(H,16,18). The summed E-state index contributed by atoms with van der Waals surface area (Å²) in [5.74, 6) is 0.806. The number of carbonyl (C=O) groups excluding carboxylic acids is 1. The number of thioether (sulfide) groups is 1. The molecule has 1 aromatic rings. The predicted molar refractivity (Wildman–Crippen MR) is 74.7 cm³/mol. The van der Waals surface area contributed by atoms with E-state index < -0.39 is 11.7 Å². The van der Waals surface area contributed by atoms with Gasteiger partial charge in [-0.25, -0.2) is 9.37 Å². The highest BCUT2D eigenvalue weighted by atomic mass is 32.2. The van der Waals surface area contributed by atoms with Crippen molar-refractivity contribution in [3.63, 3.8) is 0 Å². The lowest BCUT2D eigenvalue weighted by Crippen LogP contribution is -2.39. The molecule has 2 rings (SSSR count). The Hall–Kier alpha value is -1.34. The lowest BCUT2D eigenvalue weighted by molar-refractivity contribution is 0.0945. The normalized spacial score (nSPS) is 16.3. The summed E-state index contributed by atoms with van der Waals surface area (Å²) < 4.78 is 13.6. The van der Waals surface area contributed by atoms with E-state index in [1.165, 1.54) is 12.3 Å². The molecule has 0 atom stereocenters. The van der Waals surface area contributed by atoms with E-state index in [1.54, 1.807) is 0 Å². The van der Waals surface area contributed by atoms with Crippen LogP contribution < -0.4 is 11.1 Å². The third-order valence-electron chi connectivity index (χ3n) is 2.98. The van der Waals surface area contributed by atoms with E-state index in [0.29, 0.717) is 6.54 Å². The van der Waals surface area contributed by atoms with Crippen LogP contribution in [0.5, 0.6) is 0 Å². The van der Waals surface area contributed by atoms with E-state index in [2.05, 4.69) is 15.2 Å². The Kier molecular flexibility index (Phi) is 4.98. The Morgan fingerprint density at radius 3 is 3.00 bits per heavy atom. The van der Waals surface area contributed by atoms with Gasteiger partial charge in [0.15, 0.2) is 11.6 Å². The van der Waals surface area contributed by atoms with Crippen molar-refractivity contribution in [1.82, 2.24) is 15.2 Å². The number of nitrogens with one attached hydrogen (secondary N) is 1. The maximum Gasteiger partial charge on any atom is 0.254 e. The maximum absolute atomic E-state index is 13.6. The lowest BCUT2D eigenvalue weighted by atomic mass is 10.2. The zero-order chi connectivity index (χ0) is 13.7. The first-order valence-corrected chi connectivity index (χ1v) is 7.32. The second kappa shape index (κ2) is 6.72. The number of nitrogen functional groups attached to an aromatic ring is 1. The minimum absolute atomic E-state index is 0.0540. The van der Waals surface area contributed by atoms with Gasteiger partial charge < -0.3 is 11.1 Å². The number of pyridine rings is 1. The van der Waals surface area contributed by atoms with Gasteiger partial charge in [-0.15, -0.1) is 0 Å². The summed E-state index contributed by atoms with van der Waals surface area (Å²) in [6.07, 6.45) is 1.33. The third-order valence-corrected chi connectivity index (χ3v) is 3.92. The Bertz CT molecular complexity index is 451. The molecule has 7 heteroatoms. The number of halogens is 1. The van der Waals surface area contributed by atoms with E-state index in [1.807, 2.05) is 11.8 Å². The molecular formula is C12H17FN4OS. The summed E-state index contributed by atoms with van der Waals surface area (Å²) in [7, 11) is 0. The average Bonchev–Trinajstić information content (AvgIpc) is 2.43. The summed E-state index contributed by atoms with van der Waals surface area (Å²) >= 11 is 1.94. The van der Waals surface area contributed by atoms with Crippen LogP contribution in [0.25, 0.3) is 0 Å². The molecule has 0 aliphatic carbocycles. The number of aromatic nitrogens is 1. The Balaban J connectivity index is 1.82. The molecule has 1 aromatic heterocycles. The van der Waals surface area contributed by atoms with Crippen molar-refractivity contribution in [2.75, 3.05) is 43.4 Å². The molecule has 1 saturated heterocycles. The Morgan fingerprint density at radius 1 is 1.53 bits per heavy atom. The van der Waals surface area contributed by atoms with Crippen LogP contribution in [0.15, 0.2) is 12.3 Å². The van der Waals surface area contributed by atoms with Gasteiger partial charge in [0.1, 0.15) is 0 Å². The first-order valence-electron chi connectivity index (χ1n) is 6.17. The van der Waals surface area contributed by atoms with E-state index in [4.69, 9.17) is 5.73 Å². The van der Waals surface area contributed by atoms with Crippen molar-refractivity contribution < 1.29 is 9.18 Å². The molecule has 2 heterocycles. The molecular weight excluding hydrogens is 267 g/mol. The van der Waals surface area contributed by atoms with E-state index in [9.17, 15) is 9.18 Å². The highest BCUT2D eigenvalue weighted by molar-refractivity contribution is 7.99. The van der Waals surface area contributed by atoms with Crippen molar-refractivity contribution in [1.29, 1.82) is 0 Å². The molecule has 0 aromatic carbocycles. The van der Waals surface area contributed by atoms with Gasteiger partial charge in [-0.3, -0.25) is 9.69 Å². The SMILES string of the molecule is Nc1nccc(C(=O)NCCN2CCSCC2)c1F. The predicted octanol–water partition coefficient (Wildman–Crippen LogP) is 0.582. The number of rotatable bonds is 4. The van der Waals surface area contributed by atoms with Crippen LogP contribution in [0.1, 0.15) is 10.4 Å². The molecule has 104 valence electrons. The van der Waals surface area contributed by atoms with Gasteiger partial charge >= 0.3 is 0 Å². The molecule has 1 aliphatic rings. The fourth-order valence-electron chi connectivity index (χ4n) is 1.88. The summed E-state index contributed by atoms with van der Waals surface area (Å²) in [6.45, 7) is 3.37. The monoisotopic (exact) mass is 284 g/mol. The molecule has 1 aliphatic heterocycles. The summed E-state index contributed by atoms with van der Waals surface area (Å²) in [5.41, 5.74) is 5.27. The lowest BCUT2D eigenvalue weighted by Gasteiger charge is -2.26. The first kappa shape index (κ1) is 14.1. The molecule has 3 N–H and O–H groups in total. The number of nitrogens with two attached hydrogens (primary N) is 1. The fourth-order valence-corrected chi connectivity index (χ4v) is 2.86. The molecule has 1 fully saturated rings. The van der Waals surface area contributed by atoms with Crippen LogP contribution in [-0.2, 0) is 0 Å². The first-order chi connectivity index (χ1) is 9.18. The minimum atomic E-state index is -0.755. The van der Waals surface area contributed by atoms with Crippen molar-refractivity contribution >= 4 is 23.5 Å². The molecule has 0 saturated carbocycles. The molecule has 0 bridgehead atoms. The highest BCUT2D eigenvalue weighted by Crippen LogP contribution is 2.11. The van der Waals surface area contributed by atoms with Gasteiger partial charge in [-0.1, -0.05) is 0 Å². The molecule has 0 spiro atoms. The summed E-state index contributed by atoms with van der Waals surface area (Å²) in [5, 5.41) is 2.70. The minimum Gasteiger partial charge on any atom is -0.381 e. The number of anilines is 1. The van der Waals surface area contributed by atoms with Crippen molar-refractivity contribution in [3.05, 3.63) is 23.6 Å². The van der Waals surface area contributed by atoms with E-state index in [0.717, 1.165) is 31.1 Å². The third kappa shape index (κ3) is 3.81. The summed E-state index contributed by atoms with van der Waals surface area (Å²) in [6, 6.07) is 1.33. The number of amides is 1. The maximum atomic E-state index is 13.6. The van der Waals surface area contributed by atoms with Crippen LogP contribution in [0.2, 0.25) is 0 Å². The van der Waals surface area contributed by atoms with E-state index in [-0.39, 0.29) is 11.4 Å². The van der Waals surface area contributed by atoms with Gasteiger partial charge in [0.25, 0.3) is 5.91 Å². The molecule has 19 heavy (non-hydrogen) atoms. The Morgan fingerprint density at radius 2 is 2.26 bits per heavy atom. The van der Waals surface area contributed by atoms with Crippen molar-refractivity contribution in [2.45, 2.75) is 0 Å². The van der Waals surface area contributed by atoms with Crippen LogP contribution in [0, 0.1) is 5.82 Å². The molecule has 0 radical (unpaired) electrons. The second-order valence-electron chi connectivity index (χ2n) is 4.27. The number of carbonyl (C=O) groups is 1. The zero-order valence-electron chi connectivity index (χ0n) is 10.6. The molecule has 1 amide bonds. The topological polar surface area (TPSA) is 71.2 Å².